The lowest BCUT2D eigenvalue weighted by Gasteiger charge is -2.17. The van der Waals surface area contributed by atoms with E-state index < -0.39 is 24.1 Å². The number of nitrogens with one attached hydrogen (secondary N) is 1. The molecule has 0 aromatic heterocycles. The highest BCUT2D eigenvalue weighted by molar-refractivity contribution is 5.82. The van der Waals surface area contributed by atoms with Crippen LogP contribution in [0.5, 0.6) is 0 Å². The van der Waals surface area contributed by atoms with Crippen LogP contribution in [0.25, 0.3) is 0 Å². The van der Waals surface area contributed by atoms with Gasteiger partial charge in [-0.2, -0.15) is 0 Å². The molecule has 27 heavy (non-hydrogen) atoms. The molecule has 0 aliphatic carbocycles. The molecule has 2 rings (SSSR count). The second-order valence-corrected chi connectivity index (χ2v) is 5.78. The minimum absolute atomic E-state index is 0.0317. The zero-order valence-electron chi connectivity index (χ0n) is 14.7. The molecule has 0 heterocycles. The number of carboxylic acids is 1. The summed E-state index contributed by atoms with van der Waals surface area (Å²) in [5.74, 6) is -1.79. The number of carboxylic acid groups (broad SMARTS) is 1. The number of benzene rings is 2. The molecule has 2 N–H and O–H groups in total. The molecule has 2 aromatic rings. The van der Waals surface area contributed by atoms with E-state index in [0.29, 0.717) is 0 Å². The van der Waals surface area contributed by atoms with Crippen LogP contribution in [0.2, 0.25) is 0 Å². The second kappa shape index (κ2) is 10.6. The van der Waals surface area contributed by atoms with E-state index >= 15 is 0 Å². The molecule has 0 bridgehead atoms. The maximum absolute atomic E-state index is 12.3. The molecule has 0 saturated carbocycles. The zero-order valence-corrected chi connectivity index (χ0v) is 14.7. The summed E-state index contributed by atoms with van der Waals surface area (Å²) in [7, 11) is 0. The molecular formula is C20H21NO6. The normalized spacial score (nSPS) is 11.3. The lowest BCUT2D eigenvalue weighted by molar-refractivity contribution is -0.148. The first-order valence-corrected chi connectivity index (χ1v) is 8.44. The van der Waals surface area contributed by atoms with Crippen LogP contribution in [-0.2, 0) is 32.3 Å². The van der Waals surface area contributed by atoms with Gasteiger partial charge < -0.3 is 19.9 Å². The van der Waals surface area contributed by atoms with Crippen molar-refractivity contribution in [3.63, 3.8) is 0 Å². The first-order chi connectivity index (χ1) is 13.0. The fourth-order valence-electron chi connectivity index (χ4n) is 2.25. The molecule has 1 atom stereocenters. The third-order valence-corrected chi connectivity index (χ3v) is 3.66. The lowest BCUT2D eigenvalue weighted by Crippen LogP contribution is -2.42. The Morgan fingerprint density at radius 3 is 1.89 bits per heavy atom. The molecule has 142 valence electrons. The van der Waals surface area contributed by atoms with Crippen LogP contribution in [0, 0.1) is 0 Å². The maximum Gasteiger partial charge on any atom is 0.408 e. The fraction of sp³-hybridized carbons (Fsp3) is 0.250. The number of ether oxygens (including phenoxy) is 2. The van der Waals surface area contributed by atoms with Gasteiger partial charge in [-0.15, -0.1) is 0 Å². The maximum atomic E-state index is 12.3. The number of carbonyl (C=O) groups excluding carboxylic acids is 2. The third-order valence-electron chi connectivity index (χ3n) is 3.66. The SMILES string of the molecule is O=C(O)CC[C@H](NC(=O)OCc1ccccc1)C(=O)OCc1ccccc1. The number of esters is 1. The predicted molar refractivity (Wildman–Crippen MR) is 96.7 cm³/mol. The van der Waals surface area contributed by atoms with Crippen LogP contribution in [0.15, 0.2) is 60.7 Å². The molecule has 0 fully saturated rings. The van der Waals surface area contributed by atoms with Gasteiger partial charge in [0.1, 0.15) is 19.3 Å². The summed E-state index contributed by atoms with van der Waals surface area (Å²) in [5.41, 5.74) is 1.58. The van der Waals surface area contributed by atoms with Crippen LogP contribution >= 0.6 is 0 Å². The van der Waals surface area contributed by atoms with E-state index in [9.17, 15) is 14.4 Å². The van der Waals surface area contributed by atoms with Crippen LogP contribution in [0.4, 0.5) is 4.79 Å². The molecule has 1 amide bonds. The zero-order chi connectivity index (χ0) is 19.5. The monoisotopic (exact) mass is 371 g/mol. The van der Waals surface area contributed by atoms with E-state index in [1.807, 2.05) is 36.4 Å². The highest BCUT2D eigenvalue weighted by Gasteiger charge is 2.24. The summed E-state index contributed by atoms with van der Waals surface area (Å²) < 4.78 is 10.3. The van der Waals surface area contributed by atoms with E-state index in [1.54, 1.807) is 24.3 Å². The Balaban J connectivity index is 1.88. The quantitative estimate of drug-likeness (QED) is 0.657. The molecule has 0 unspecified atom stereocenters. The van der Waals surface area contributed by atoms with Crippen molar-refractivity contribution in [1.82, 2.24) is 5.32 Å². The van der Waals surface area contributed by atoms with E-state index in [0.717, 1.165) is 11.1 Å². The molecule has 0 radical (unpaired) electrons. The topological polar surface area (TPSA) is 102 Å². The summed E-state index contributed by atoms with van der Waals surface area (Å²) in [5, 5.41) is 11.2. The largest absolute Gasteiger partial charge is 0.481 e. The molecule has 0 spiro atoms. The predicted octanol–water partition coefficient (Wildman–Crippen LogP) is 2.89. The Morgan fingerprint density at radius 2 is 1.37 bits per heavy atom. The van der Waals surface area contributed by atoms with Crippen LogP contribution in [0.3, 0.4) is 0 Å². The van der Waals surface area contributed by atoms with E-state index in [4.69, 9.17) is 14.6 Å². The van der Waals surface area contributed by atoms with Crippen molar-refractivity contribution in [2.45, 2.75) is 32.1 Å². The summed E-state index contributed by atoms with van der Waals surface area (Å²) >= 11 is 0. The standard InChI is InChI=1S/C20H21NO6/c22-18(23)12-11-17(19(24)26-13-15-7-3-1-4-8-15)21-20(25)27-14-16-9-5-2-6-10-16/h1-10,17H,11-14H2,(H,21,25)(H,22,23)/t17-/m0/s1. The third kappa shape index (κ3) is 7.60. The minimum Gasteiger partial charge on any atom is -0.481 e. The average molecular weight is 371 g/mol. The minimum atomic E-state index is -1.10. The van der Waals surface area contributed by atoms with E-state index in [1.165, 1.54) is 0 Å². The number of hydrogen-bond acceptors (Lipinski definition) is 5. The van der Waals surface area contributed by atoms with Crippen molar-refractivity contribution < 1.29 is 29.0 Å². The smallest absolute Gasteiger partial charge is 0.408 e. The van der Waals surface area contributed by atoms with E-state index in [2.05, 4.69) is 5.32 Å². The van der Waals surface area contributed by atoms with Gasteiger partial charge in [-0.3, -0.25) is 4.79 Å². The van der Waals surface area contributed by atoms with Crippen molar-refractivity contribution in [3.05, 3.63) is 71.8 Å². The first kappa shape index (κ1) is 20.0. The average Bonchev–Trinajstić information content (AvgIpc) is 2.69. The number of hydrogen-bond donors (Lipinski definition) is 2. The van der Waals surface area contributed by atoms with Gasteiger partial charge in [0.05, 0.1) is 0 Å². The number of alkyl carbamates (subject to hydrolysis) is 1. The van der Waals surface area contributed by atoms with Gasteiger partial charge in [0.15, 0.2) is 0 Å². The second-order valence-electron chi connectivity index (χ2n) is 5.78. The van der Waals surface area contributed by atoms with Crippen molar-refractivity contribution in [1.29, 1.82) is 0 Å². The summed E-state index contributed by atoms with van der Waals surface area (Å²) in [6.07, 6.45) is -1.20. The highest BCUT2D eigenvalue weighted by atomic mass is 16.6. The van der Waals surface area contributed by atoms with Gasteiger partial charge in [-0.1, -0.05) is 60.7 Å². The van der Waals surface area contributed by atoms with Crippen molar-refractivity contribution in [2.24, 2.45) is 0 Å². The summed E-state index contributed by atoms with van der Waals surface area (Å²) in [6.45, 7) is 0.0708. The summed E-state index contributed by atoms with van der Waals surface area (Å²) in [4.78, 5) is 35.0. The molecule has 2 aromatic carbocycles. The van der Waals surface area contributed by atoms with Gasteiger partial charge in [-0.25, -0.2) is 9.59 Å². The first-order valence-electron chi connectivity index (χ1n) is 8.44. The Bertz CT molecular complexity index is 748. The van der Waals surface area contributed by atoms with Crippen molar-refractivity contribution >= 4 is 18.0 Å². The number of carbonyl (C=O) groups is 3. The molecule has 0 aliphatic heterocycles. The van der Waals surface area contributed by atoms with Gasteiger partial charge in [0.25, 0.3) is 0 Å². The Morgan fingerprint density at radius 1 is 0.852 bits per heavy atom. The Labute approximate surface area is 156 Å². The molecule has 7 nitrogen and oxygen atoms in total. The van der Waals surface area contributed by atoms with E-state index in [-0.39, 0.29) is 26.1 Å². The molecule has 7 heteroatoms. The van der Waals surface area contributed by atoms with Crippen molar-refractivity contribution in [3.8, 4) is 0 Å². The number of aliphatic carboxylic acids is 1. The highest BCUT2D eigenvalue weighted by Crippen LogP contribution is 2.07. The van der Waals surface area contributed by atoms with Crippen molar-refractivity contribution in [2.75, 3.05) is 0 Å². The van der Waals surface area contributed by atoms with Gasteiger partial charge in [0.2, 0.25) is 0 Å². The molecule has 0 aliphatic rings. The molecular weight excluding hydrogens is 350 g/mol. The fourth-order valence-corrected chi connectivity index (χ4v) is 2.25. The summed E-state index contributed by atoms with van der Waals surface area (Å²) in [6, 6.07) is 17.0. The van der Waals surface area contributed by atoms with Crippen LogP contribution in [-0.4, -0.2) is 29.2 Å². The van der Waals surface area contributed by atoms with Crippen LogP contribution in [0.1, 0.15) is 24.0 Å². The molecule has 0 saturated heterocycles. The number of amides is 1. The van der Waals surface area contributed by atoms with Gasteiger partial charge in [-0.05, 0) is 17.5 Å². The number of rotatable bonds is 9. The Kier molecular flexibility index (Phi) is 7.84. The lowest BCUT2D eigenvalue weighted by atomic mass is 10.1. The van der Waals surface area contributed by atoms with Crippen LogP contribution < -0.4 is 5.32 Å². The van der Waals surface area contributed by atoms with Gasteiger partial charge in [0, 0.05) is 6.42 Å². The Hall–Kier alpha value is -3.35. The van der Waals surface area contributed by atoms with Gasteiger partial charge >= 0.3 is 18.0 Å².